The van der Waals surface area contributed by atoms with E-state index < -0.39 is 0 Å². The minimum absolute atomic E-state index is 0.00866. The first-order chi connectivity index (χ1) is 13.6. The summed E-state index contributed by atoms with van der Waals surface area (Å²) in [7, 11) is 1.62. The molecule has 1 N–H and O–H groups in total. The summed E-state index contributed by atoms with van der Waals surface area (Å²) in [4.78, 5) is 34.8. The first kappa shape index (κ1) is 19.8. The van der Waals surface area contributed by atoms with Crippen LogP contribution in [0, 0.1) is 12.8 Å². The van der Waals surface area contributed by atoms with Crippen LogP contribution in [0.15, 0.2) is 36.8 Å². The van der Waals surface area contributed by atoms with Gasteiger partial charge in [-0.2, -0.15) is 0 Å². The number of rotatable bonds is 6. The average molecular weight is 382 g/mol. The lowest BCUT2D eigenvalue weighted by Crippen LogP contribution is -2.40. The van der Waals surface area contributed by atoms with Gasteiger partial charge in [0, 0.05) is 37.6 Å². The molecule has 1 aliphatic heterocycles. The second-order valence-electron chi connectivity index (χ2n) is 7.12. The Morgan fingerprint density at radius 2 is 2.18 bits per heavy atom. The van der Waals surface area contributed by atoms with Gasteiger partial charge in [0.25, 0.3) is 5.91 Å². The zero-order valence-corrected chi connectivity index (χ0v) is 16.4. The van der Waals surface area contributed by atoms with Crippen molar-refractivity contribution in [2.45, 2.75) is 32.6 Å². The summed E-state index contributed by atoms with van der Waals surface area (Å²) in [6, 6.07) is 5.58. The molecule has 1 unspecified atom stereocenters. The van der Waals surface area contributed by atoms with Crippen molar-refractivity contribution in [1.29, 1.82) is 0 Å². The second kappa shape index (κ2) is 9.30. The number of anilines is 1. The molecule has 2 heterocycles. The third kappa shape index (κ3) is 5.06. The molecule has 1 aliphatic rings. The summed E-state index contributed by atoms with van der Waals surface area (Å²) in [6.07, 6.45) is 7.74. The molecule has 1 saturated heterocycles. The number of carbonyl (C=O) groups is 2. The van der Waals surface area contributed by atoms with Gasteiger partial charge in [-0.15, -0.1) is 0 Å². The van der Waals surface area contributed by atoms with Crippen LogP contribution in [0.1, 0.15) is 41.7 Å². The number of benzene rings is 1. The molecule has 148 valence electrons. The van der Waals surface area contributed by atoms with E-state index in [1.807, 2.05) is 30.0 Å². The maximum absolute atomic E-state index is 12.5. The molecule has 7 nitrogen and oxygen atoms in total. The van der Waals surface area contributed by atoms with Crippen molar-refractivity contribution in [3.63, 3.8) is 0 Å². The van der Waals surface area contributed by atoms with Crippen LogP contribution >= 0.6 is 0 Å². The van der Waals surface area contributed by atoms with Gasteiger partial charge in [0.2, 0.25) is 5.91 Å². The Hall–Kier alpha value is -2.96. The molecule has 0 bridgehead atoms. The van der Waals surface area contributed by atoms with Gasteiger partial charge in [0.05, 0.1) is 13.3 Å². The third-order valence-electron chi connectivity index (χ3n) is 5.08. The Morgan fingerprint density at radius 1 is 1.32 bits per heavy atom. The minimum atomic E-state index is -0.0869. The number of hydrogen-bond acceptors (Lipinski definition) is 5. The van der Waals surface area contributed by atoms with E-state index in [2.05, 4.69) is 15.3 Å². The smallest absolute Gasteiger partial charge is 0.274 e. The fourth-order valence-electron chi connectivity index (χ4n) is 3.51. The standard InChI is InChI=1S/C21H26N4O3/c1-15-12-17(28-2)6-7-18(15)24-20(26)8-5-16-4-3-11-25(14-16)21(27)19-13-22-9-10-23-19/h6-7,9-10,12-13,16H,3-5,8,11,14H2,1-2H3,(H,24,26). The first-order valence-electron chi connectivity index (χ1n) is 9.56. The molecule has 0 aliphatic carbocycles. The fourth-order valence-corrected chi connectivity index (χ4v) is 3.51. The number of nitrogens with one attached hydrogen (secondary N) is 1. The Bertz CT molecular complexity index is 826. The number of nitrogens with zero attached hydrogens (tertiary/aromatic N) is 3. The monoisotopic (exact) mass is 382 g/mol. The number of hydrogen-bond donors (Lipinski definition) is 1. The van der Waals surface area contributed by atoms with Crippen LogP contribution in [-0.4, -0.2) is 46.9 Å². The number of amides is 2. The van der Waals surface area contributed by atoms with Crippen LogP contribution in [0.25, 0.3) is 0 Å². The van der Waals surface area contributed by atoms with Crippen molar-refractivity contribution < 1.29 is 14.3 Å². The zero-order valence-electron chi connectivity index (χ0n) is 16.4. The topological polar surface area (TPSA) is 84.4 Å². The summed E-state index contributed by atoms with van der Waals surface area (Å²) in [5.74, 6) is 0.990. The van der Waals surface area contributed by atoms with Crippen LogP contribution in [0.4, 0.5) is 5.69 Å². The van der Waals surface area contributed by atoms with Gasteiger partial charge < -0.3 is 15.0 Å². The molecular weight excluding hydrogens is 356 g/mol. The number of methoxy groups -OCH3 is 1. The van der Waals surface area contributed by atoms with Gasteiger partial charge in [-0.25, -0.2) is 4.98 Å². The van der Waals surface area contributed by atoms with E-state index in [-0.39, 0.29) is 11.8 Å². The molecule has 0 saturated carbocycles. The van der Waals surface area contributed by atoms with E-state index in [0.717, 1.165) is 42.8 Å². The van der Waals surface area contributed by atoms with E-state index in [1.165, 1.54) is 12.4 Å². The highest BCUT2D eigenvalue weighted by atomic mass is 16.5. The summed E-state index contributed by atoms with van der Waals surface area (Å²) in [5, 5.41) is 2.97. The maximum Gasteiger partial charge on any atom is 0.274 e. The summed E-state index contributed by atoms with van der Waals surface area (Å²) < 4.78 is 5.19. The van der Waals surface area contributed by atoms with E-state index in [0.29, 0.717) is 24.6 Å². The normalized spacial score (nSPS) is 16.5. The molecular formula is C21H26N4O3. The van der Waals surface area contributed by atoms with Gasteiger partial charge >= 0.3 is 0 Å². The first-order valence-corrected chi connectivity index (χ1v) is 9.56. The van der Waals surface area contributed by atoms with Gasteiger partial charge in [-0.1, -0.05) is 0 Å². The molecule has 1 aromatic heterocycles. The Labute approximate surface area is 165 Å². The lowest BCUT2D eigenvalue weighted by atomic mass is 9.93. The number of aryl methyl sites for hydroxylation is 1. The van der Waals surface area contributed by atoms with Gasteiger partial charge in [0.15, 0.2) is 0 Å². The van der Waals surface area contributed by atoms with Crippen LogP contribution in [0.2, 0.25) is 0 Å². The van der Waals surface area contributed by atoms with Crippen LogP contribution in [0.3, 0.4) is 0 Å². The number of ether oxygens (including phenoxy) is 1. The minimum Gasteiger partial charge on any atom is -0.497 e. The molecule has 1 fully saturated rings. The maximum atomic E-state index is 12.5. The van der Waals surface area contributed by atoms with Crippen molar-refractivity contribution in [3.05, 3.63) is 48.0 Å². The highest BCUT2D eigenvalue weighted by Crippen LogP contribution is 2.24. The molecule has 0 radical (unpaired) electrons. The second-order valence-corrected chi connectivity index (χ2v) is 7.12. The van der Waals surface area contributed by atoms with Gasteiger partial charge in [-0.3, -0.25) is 14.6 Å². The highest BCUT2D eigenvalue weighted by molar-refractivity contribution is 5.92. The summed E-state index contributed by atoms with van der Waals surface area (Å²) >= 11 is 0. The lowest BCUT2D eigenvalue weighted by Gasteiger charge is -2.32. The van der Waals surface area contributed by atoms with Crippen molar-refractivity contribution in [2.75, 3.05) is 25.5 Å². The van der Waals surface area contributed by atoms with Gasteiger partial charge in [0.1, 0.15) is 11.4 Å². The number of carbonyl (C=O) groups excluding carboxylic acids is 2. The van der Waals surface area contributed by atoms with E-state index in [9.17, 15) is 9.59 Å². The average Bonchev–Trinajstić information content (AvgIpc) is 2.74. The SMILES string of the molecule is COc1ccc(NC(=O)CCC2CCCN(C(=O)c3cnccn3)C2)c(C)c1. The quantitative estimate of drug-likeness (QED) is 0.830. The summed E-state index contributed by atoms with van der Waals surface area (Å²) in [5.41, 5.74) is 2.14. The van der Waals surface area contributed by atoms with Crippen molar-refractivity contribution in [3.8, 4) is 5.75 Å². The van der Waals surface area contributed by atoms with Crippen LogP contribution in [0.5, 0.6) is 5.75 Å². The largest absolute Gasteiger partial charge is 0.497 e. The lowest BCUT2D eigenvalue weighted by molar-refractivity contribution is -0.116. The molecule has 0 spiro atoms. The molecule has 2 aromatic rings. The molecule has 3 rings (SSSR count). The fraction of sp³-hybridized carbons (Fsp3) is 0.429. The predicted octanol–water partition coefficient (Wildman–Crippen LogP) is 3.06. The summed E-state index contributed by atoms with van der Waals surface area (Å²) in [6.45, 7) is 3.32. The zero-order chi connectivity index (χ0) is 19.9. The third-order valence-corrected chi connectivity index (χ3v) is 5.08. The van der Waals surface area contributed by atoms with Crippen LogP contribution in [-0.2, 0) is 4.79 Å². The molecule has 2 amide bonds. The molecule has 1 aromatic carbocycles. The van der Waals surface area contributed by atoms with E-state index in [4.69, 9.17) is 4.74 Å². The number of likely N-dealkylation sites (tertiary alicyclic amines) is 1. The van der Waals surface area contributed by atoms with Crippen molar-refractivity contribution >= 4 is 17.5 Å². The molecule has 28 heavy (non-hydrogen) atoms. The molecule has 7 heteroatoms. The van der Waals surface area contributed by atoms with Gasteiger partial charge in [-0.05, 0) is 55.9 Å². The number of aromatic nitrogens is 2. The Balaban J connectivity index is 1.50. The van der Waals surface area contributed by atoms with Crippen molar-refractivity contribution in [2.24, 2.45) is 5.92 Å². The highest BCUT2D eigenvalue weighted by Gasteiger charge is 2.25. The predicted molar refractivity (Wildman–Crippen MR) is 106 cm³/mol. The Kier molecular flexibility index (Phi) is 6.57. The van der Waals surface area contributed by atoms with E-state index in [1.54, 1.807) is 13.3 Å². The number of piperidine rings is 1. The molecule has 1 atom stereocenters. The van der Waals surface area contributed by atoms with Crippen LogP contribution < -0.4 is 10.1 Å². The Morgan fingerprint density at radius 3 is 2.89 bits per heavy atom. The van der Waals surface area contributed by atoms with Crippen molar-refractivity contribution in [1.82, 2.24) is 14.9 Å². The van der Waals surface area contributed by atoms with E-state index >= 15 is 0 Å².